The molecule has 0 saturated carbocycles. The van der Waals surface area contributed by atoms with Crippen molar-refractivity contribution >= 4 is 11.3 Å². The molecule has 0 fully saturated rings. The number of rotatable bonds is 3. The number of thiazole rings is 1. The summed E-state index contributed by atoms with van der Waals surface area (Å²) in [6.45, 7) is 0. The molecule has 0 saturated heterocycles. The molecule has 3 nitrogen and oxygen atoms in total. The van der Waals surface area contributed by atoms with Crippen molar-refractivity contribution in [3.63, 3.8) is 0 Å². The van der Waals surface area contributed by atoms with Crippen LogP contribution in [0.1, 0.15) is 0 Å². The zero-order valence-electron chi connectivity index (χ0n) is 12.3. The lowest BCUT2D eigenvalue weighted by Gasteiger charge is -2.06. The first-order valence-corrected chi connectivity index (χ1v) is 8.15. The molecule has 0 unspecified atom stereocenters. The van der Waals surface area contributed by atoms with Crippen LogP contribution < -0.4 is 0 Å². The first-order chi connectivity index (χ1) is 11.4. The Morgan fingerprint density at radius 2 is 1.48 bits per heavy atom. The summed E-state index contributed by atoms with van der Waals surface area (Å²) in [6, 6.07) is 16.3. The fourth-order valence-electron chi connectivity index (χ4n) is 2.49. The highest BCUT2D eigenvalue weighted by Gasteiger charge is 2.12. The third-order valence-corrected chi connectivity index (χ3v) is 4.49. The molecule has 4 rings (SSSR count). The van der Waals surface area contributed by atoms with Gasteiger partial charge in [0.25, 0.3) is 0 Å². The quantitative estimate of drug-likeness (QED) is 0.538. The molecule has 0 atom stereocenters. The van der Waals surface area contributed by atoms with Crippen LogP contribution in [0, 0.1) is 0 Å². The topological polar surface area (TPSA) is 38.7 Å². The molecule has 0 spiro atoms. The summed E-state index contributed by atoms with van der Waals surface area (Å²) < 4.78 is 0. The van der Waals surface area contributed by atoms with Gasteiger partial charge in [-0.05, 0) is 29.3 Å². The Balaban J connectivity index is 1.79. The van der Waals surface area contributed by atoms with Gasteiger partial charge in [-0.3, -0.25) is 9.97 Å². The van der Waals surface area contributed by atoms with E-state index in [4.69, 9.17) is 4.98 Å². The Morgan fingerprint density at radius 3 is 2.30 bits per heavy atom. The normalized spacial score (nSPS) is 10.6. The Morgan fingerprint density at radius 1 is 0.696 bits per heavy atom. The summed E-state index contributed by atoms with van der Waals surface area (Å²) >= 11 is 1.63. The van der Waals surface area contributed by atoms with E-state index in [2.05, 4.69) is 27.5 Å². The zero-order chi connectivity index (χ0) is 15.5. The maximum atomic E-state index is 4.79. The number of hydrogen-bond acceptors (Lipinski definition) is 4. The van der Waals surface area contributed by atoms with E-state index in [1.807, 2.05) is 48.8 Å². The summed E-state index contributed by atoms with van der Waals surface area (Å²) in [6.07, 6.45) is 7.28. The summed E-state index contributed by atoms with van der Waals surface area (Å²) in [4.78, 5) is 13.1. The molecule has 0 radical (unpaired) electrons. The van der Waals surface area contributed by atoms with Gasteiger partial charge in [0.1, 0.15) is 5.01 Å². The number of pyridine rings is 2. The van der Waals surface area contributed by atoms with Gasteiger partial charge < -0.3 is 0 Å². The van der Waals surface area contributed by atoms with E-state index in [0.717, 1.165) is 27.4 Å². The predicted octanol–water partition coefficient (Wildman–Crippen LogP) is 4.93. The van der Waals surface area contributed by atoms with Gasteiger partial charge in [-0.1, -0.05) is 30.3 Å². The van der Waals surface area contributed by atoms with Gasteiger partial charge in [0, 0.05) is 41.3 Å². The van der Waals surface area contributed by atoms with Crippen molar-refractivity contribution in [3.8, 4) is 33.0 Å². The second-order valence-electron chi connectivity index (χ2n) is 5.06. The van der Waals surface area contributed by atoms with Crippen LogP contribution >= 0.6 is 11.3 Å². The highest BCUT2D eigenvalue weighted by molar-refractivity contribution is 7.13. The minimum atomic E-state index is 0.968. The monoisotopic (exact) mass is 315 g/mol. The summed E-state index contributed by atoms with van der Waals surface area (Å²) in [5.74, 6) is 0. The van der Waals surface area contributed by atoms with Crippen molar-refractivity contribution < 1.29 is 0 Å². The average molecular weight is 315 g/mol. The van der Waals surface area contributed by atoms with Crippen molar-refractivity contribution in [1.29, 1.82) is 0 Å². The van der Waals surface area contributed by atoms with E-state index >= 15 is 0 Å². The second kappa shape index (κ2) is 6.10. The van der Waals surface area contributed by atoms with Gasteiger partial charge in [-0.2, -0.15) is 0 Å². The molecule has 0 amide bonds. The van der Waals surface area contributed by atoms with Crippen LogP contribution in [0.2, 0.25) is 0 Å². The number of nitrogens with zero attached hydrogens (tertiary/aromatic N) is 3. The highest BCUT2D eigenvalue weighted by Crippen LogP contribution is 2.34. The third kappa shape index (κ3) is 2.76. The van der Waals surface area contributed by atoms with E-state index in [1.54, 1.807) is 23.7 Å². The van der Waals surface area contributed by atoms with Crippen LogP contribution in [-0.4, -0.2) is 15.0 Å². The van der Waals surface area contributed by atoms with Crippen molar-refractivity contribution in [2.75, 3.05) is 0 Å². The molecule has 0 aliphatic heterocycles. The van der Waals surface area contributed by atoms with Crippen molar-refractivity contribution in [2.24, 2.45) is 0 Å². The Kier molecular flexibility index (Phi) is 3.66. The zero-order valence-corrected chi connectivity index (χ0v) is 13.1. The molecule has 1 aromatic carbocycles. The standard InChI is InChI=1S/C19H13N3S/c1-2-4-14(5-3-1)16-8-11-21-12-17(16)19-22-18(13-23-19)15-6-9-20-10-7-15/h1-13H. The van der Waals surface area contributed by atoms with E-state index in [0.29, 0.717) is 0 Å². The highest BCUT2D eigenvalue weighted by atomic mass is 32.1. The van der Waals surface area contributed by atoms with Gasteiger partial charge >= 0.3 is 0 Å². The number of hydrogen-bond donors (Lipinski definition) is 0. The van der Waals surface area contributed by atoms with Crippen LogP contribution in [0.15, 0.2) is 78.7 Å². The fraction of sp³-hybridized carbons (Fsp3) is 0. The molecular formula is C19H13N3S. The molecule has 0 aliphatic rings. The first-order valence-electron chi connectivity index (χ1n) is 7.27. The van der Waals surface area contributed by atoms with Gasteiger partial charge in [0.15, 0.2) is 0 Å². The second-order valence-corrected chi connectivity index (χ2v) is 5.92. The molecule has 0 N–H and O–H groups in total. The average Bonchev–Trinajstić information content (AvgIpc) is 3.13. The minimum absolute atomic E-state index is 0.968. The number of benzene rings is 1. The Bertz CT molecular complexity index is 918. The summed E-state index contributed by atoms with van der Waals surface area (Å²) in [5.41, 5.74) is 5.42. The van der Waals surface area contributed by atoms with Gasteiger partial charge in [0.2, 0.25) is 0 Å². The lowest BCUT2D eigenvalue weighted by atomic mass is 10.0. The third-order valence-electron chi connectivity index (χ3n) is 3.62. The maximum absolute atomic E-state index is 4.79. The van der Waals surface area contributed by atoms with Gasteiger partial charge in [-0.15, -0.1) is 11.3 Å². The van der Waals surface area contributed by atoms with E-state index in [9.17, 15) is 0 Å². The van der Waals surface area contributed by atoms with Gasteiger partial charge in [0.05, 0.1) is 5.69 Å². The smallest absolute Gasteiger partial charge is 0.126 e. The fourth-order valence-corrected chi connectivity index (χ4v) is 3.34. The van der Waals surface area contributed by atoms with Crippen molar-refractivity contribution in [1.82, 2.24) is 15.0 Å². The molecule has 110 valence electrons. The van der Waals surface area contributed by atoms with Crippen LogP contribution in [-0.2, 0) is 0 Å². The first kappa shape index (κ1) is 13.8. The van der Waals surface area contributed by atoms with E-state index in [1.165, 1.54) is 5.56 Å². The van der Waals surface area contributed by atoms with E-state index < -0.39 is 0 Å². The molecule has 0 bridgehead atoms. The summed E-state index contributed by atoms with van der Waals surface area (Å²) in [5, 5.41) is 3.05. The Labute approximate surface area is 138 Å². The van der Waals surface area contributed by atoms with Gasteiger partial charge in [-0.25, -0.2) is 4.98 Å². The predicted molar refractivity (Wildman–Crippen MR) is 94.0 cm³/mol. The van der Waals surface area contributed by atoms with Crippen LogP contribution in [0.25, 0.3) is 33.0 Å². The molecule has 4 heteroatoms. The molecule has 0 aliphatic carbocycles. The van der Waals surface area contributed by atoms with Crippen LogP contribution in [0.5, 0.6) is 0 Å². The van der Waals surface area contributed by atoms with Crippen molar-refractivity contribution in [2.45, 2.75) is 0 Å². The molecule has 4 aromatic rings. The Hall–Kier alpha value is -2.85. The molecule has 3 heterocycles. The minimum Gasteiger partial charge on any atom is -0.265 e. The maximum Gasteiger partial charge on any atom is 0.126 e. The SMILES string of the molecule is c1ccc(-c2ccncc2-c2nc(-c3ccncc3)cs2)cc1. The largest absolute Gasteiger partial charge is 0.265 e. The van der Waals surface area contributed by atoms with Crippen molar-refractivity contribution in [3.05, 3.63) is 78.7 Å². The lowest BCUT2D eigenvalue weighted by molar-refractivity contribution is 1.30. The number of aromatic nitrogens is 3. The summed E-state index contributed by atoms with van der Waals surface area (Å²) in [7, 11) is 0. The lowest BCUT2D eigenvalue weighted by Crippen LogP contribution is -1.86. The van der Waals surface area contributed by atoms with Crippen LogP contribution in [0.3, 0.4) is 0 Å². The molecule has 3 aromatic heterocycles. The van der Waals surface area contributed by atoms with Crippen LogP contribution in [0.4, 0.5) is 0 Å². The van der Waals surface area contributed by atoms with E-state index in [-0.39, 0.29) is 0 Å². The molecular weight excluding hydrogens is 302 g/mol. The molecule has 23 heavy (non-hydrogen) atoms.